The number of hydrogen-bond acceptors (Lipinski definition) is 2. The second-order valence-corrected chi connectivity index (χ2v) is 5.28. The van der Waals surface area contributed by atoms with Gasteiger partial charge in [0, 0.05) is 12.1 Å². The highest BCUT2D eigenvalue weighted by atomic mass is 19.1. The van der Waals surface area contributed by atoms with Crippen molar-refractivity contribution in [3.05, 3.63) is 47.5 Å². The fourth-order valence-electron chi connectivity index (χ4n) is 2.36. The molecule has 0 saturated heterocycles. The average molecular weight is 334 g/mol. The van der Waals surface area contributed by atoms with Crippen LogP contribution in [0.15, 0.2) is 36.4 Å². The number of nitrogens with zero attached hydrogens (tertiary/aromatic N) is 1. The van der Waals surface area contributed by atoms with Gasteiger partial charge in [0.1, 0.15) is 0 Å². The molecule has 0 aliphatic heterocycles. The molecule has 3 nitrogen and oxygen atoms in total. The largest absolute Gasteiger partial charge is 0.332 e. The van der Waals surface area contributed by atoms with Crippen LogP contribution >= 0.6 is 0 Å². The zero-order valence-corrected chi connectivity index (χ0v) is 15.4. The third-order valence-corrected chi connectivity index (χ3v) is 3.49. The summed E-state index contributed by atoms with van der Waals surface area (Å²) >= 11 is 0. The van der Waals surface area contributed by atoms with Crippen molar-refractivity contribution in [3.8, 4) is 12.8 Å². The van der Waals surface area contributed by atoms with Gasteiger partial charge in [0.15, 0.2) is 0 Å². The summed E-state index contributed by atoms with van der Waals surface area (Å²) in [6.45, 7) is 11.4. The van der Waals surface area contributed by atoms with Gasteiger partial charge in [0.05, 0.1) is 13.2 Å². The lowest BCUT2D eigenvalue weighted by Gasteiger charge is -2.32. The number of carbonyl (C=O) groups is 1. The summed E-state index contributed by atoms with van der Waals surface area (Å²) in [6.07, 6.45) is 9.68. The Balaban J connectivity index is 0. The van der Waals surface area contributed by atoms with Gasteiger partial charge in [-0.1, -0.05) is 36.8 Å². The van der Waals surface area contributed by atoms with E-state index in [9.17, 15) is 9.18 Å². The number of nitrogens with two attached hydrogens (primary N) is 1. The first-order valence-corrected chi connectivity index (χ1v) is 7.95. The Hall–Kier alpha value is -2.12. The predicted octanol–water partition coefficient (Wildman–Crippen LogP) is 3.98. The minimum Gasteiger partial charge on any atom is -0.332 e. The van der Waals surface area contributed by atoms with Gasteiger partial charge in [0.2, 0.25) is 0 Å². The molecular formula is C20H31FN2O. The molecule has 0 heterocycles. The molecule has 0 bridgehead atoms. The highest BCUT2D eigenvalue weighted by molar-refractivity contribution is 5.94. The Morgan fingerprint density at radius 3 is 2.17 bits per heavy atom. The number of carbonyl (C=O) groups excluding carboxylic acids is 1. The fourth-order valence-corrected chi connectivity index (χ4v) is 2.36. The minimum absolute atomic E-state index is 0.0632. The number of hydrogen-bond donors (Lipinski definition) is 1. The maximum atomic E-state index is 12.7. The van der Waals surface area contributed by atoms with Crippen LogP contribution in [0.2, 0.25) is 0 Å². The first kappa shape index (κ1) is 24.1. The molecule has 0 unspecified atom stereocenters. The Morgan fingerprint density at radius 2 is 1.79 bits per heavy atom. The highest BCUT2D eigenvalue weighted by Crippen LogP contribution is 2.17. The highest BCUT2D eigenvalue weighted by Gasteiger charge is 2.23. The van der Waals surface area contributed by atoms with E-state index < -0.39 is 0 Å². The van der Waals surface area contributed by atoms with Crippen molar-refractivity contribution in [1.82, 2.24) is 4.90 Å². The van der Waals surface area contributed by atoms with Crippen LogP contribution in [0, 0.1) is 19.8 Å². The van der Waals surface area contributed by atoms with Gasteiger partial charge in [-0.15, -0.1) is 12.8 Å². The molecule has 0 fully saturated rings. The van der Waals surface area contributed by atoms with Crippen molar-refractivity contribution in [3.63, 3.8) is 0 Å². The van der Waals surface area contributed by atoms with E-state index in [0.717, 1.165) is 29.5 Å². The van der Waals surface area contributed by atoms with Crippen LogP contribution in [0.25, 0.3) is 0 Å². The Morgan fingerprint density at radius 1 is 1.29 bits per heavy atom. The lowest BCUT2D eigenvalue weighted by molar-refractivity contribution is 0.0700. The summed E-state index contributed by atoms with van der Waals surface area (Å²) in [5.74, 6) is 0.0632. The number of benzene rings is 1. The van der Waals surface area contributed by atoms with Gasteiger partial charge >= 0.3 is 0 Å². The van der Waals surface area contributed by atoms with Gasteiger partial charge in [-0.25, -0.2) is 0 Å². The lowest BCUT2D eigenvalue weighted by atomic mass is 10.0. The predicted molar refractivity (Wildman–Crippen MR) is 102 cm³/mol. The van der Waals surface area contributed by atoms with Gasteiger partial charge in [0.25, 0.3) is 5.91 Å². The van der Waals surface area contributed by atoms with E-state index in [4.69, 9.17) is 5.73 Å². The molecule has 0 aliphatic rings. The standard InChI is InChI=1S/C17H26N2O.C2H2.CH3F/c1-5-16(13(2)3)19(12-6-11-18)17(20)15-9-7-14(4)8-10-15;2*1-2/h7-10,16H,2,5-6,11-12,18H2,1,3-4H3;1-2H;1H3/t16-;;/m1../s1. The SMILES string of the molecule is C#C.C=C(C)[C@@H](CC)N(CCCN)C(=O)c1ccc(C)cc1.CF. The third-order valence-electron chi connectivity index (χ3n) is 3.49. The van der Waals surface area contributed by atoms with E-state index >= 15 is 0 Å². The second-order valence-electron chi connectivity index (χ2n) is 5.28. The Bertz CT molecular complexity index is 494. The normalized spacial score (nSPS) is 10.3. The first-order chi connectivity index (χ1) is 11.5. The van der Waals surface area contributed by atoms with Crippen molar-refractivity contribution in [2.24, 2.45) is 5.73 Å². The van der Waals surface area contributed by atoms with Crippen molar-refractivity contribution >= 4 is 5.91 Å². The number of aryl methyl sites for hydroxylation is 1. The number of rotatable bonds is 7. The lowest BCUT2D eigenvalue weighted by Crippen LogP contribution is -2.41. The Labute approximate surface area is 146 Å². The number of terminal acetylenes is 1. The summed E-state index contributed by atoms with van der Waals surface area (Å²) in [4.78, 5) is 14.6. The molecule has 1 aromatic rings. The van der Waals surface area contributed by atoms with Crippen molar-refractivity contribution in [2.45, 2.75) is 39.7 Å². The summed E-state index contributed by atoms with van der Waals surface area (Å²) in [5.41, 5.74) is 8.49. The molecule has 0 aromatic heterocycles. The molecule has 0 radical (unpaired) electrons. The zero-order chi connectivity index (χ0) is 19.1. The maximum absolute atomic E-state index is 12.7. The van der Waals surface area contributed by atoms with Gasteiger partial charge in [-0.05, 0) is 45.4 Å². The van der Waals surface area contributed by atoms with Gasteiger partial charge in [-0.3, -0.25) is 9.18 Å². The summed E-state index contributed by atoms with van der Waals surface area (Å²) < 4.78 is 9.50. The number of alkyl halides is 1. The van der Waals surface area contributed by atoms with Crippen molar-refractivity contribution in [2.75, 3.05) is 20.3 Å². The summed E-state index contributed by atoms with van der Waals surface area (Å²) in [6, 6.07) is 7.79. The molecule has 1 rings (SSSR count). The van der Waals surface area contributed by atoms with E-state index in [1.54, 1.807) is 0 Å². The zero-order valence-electron chi connectivity index (χ0n) is 15.4. The topological polar surface area (TPSA) is 46.3 Å². The molecule has 1 atom stereocenters. The first-order valence-electron chi connectivity index (χ1n) is 7.95. The second kappa shape index (κ2) is 14.5. The van der Waals surface area contributed by atoms with Gasteiger partial charge in [-0.2, -0.15) is 0 Å². The third kappa shape index (κ3) is 7.94. The van der Waals surface area contributed by atoms with Crippen LogP contribution in [0.4, 0.5) is 4.39 Å². The van der Waals surface area contributed by atoms with E-state index in [-0.39, 0.29) is 11.9 Å². The van der Waals surface area contributed by atoms with E-state index in [0.29, 0.717) is 20.3 Å². The van der Waals surface area contributed by atoms with E-state index in [1.165, 1.54) is 0 Å². The van der Waals surface area contributed by atoms with Crippen LogP contribution in [-0.4, -0.2) is 37.1 Å². The number of halogens is 1. The van der Waals surface area contributed by atoms with Crippen LogP contribution in [-0.2, 0) is 0 Å². The molecular weight excluding hydrogens is 303 g/mol. The monoisotopic (exact) mass is 334 g/mol. The molecule has 0 saturated carbocycles. The van der Waals surface area contributed by atoms with E-state index in [2.05, 4.69) is 26.3 Å². The van der Waals surface area contributed by atoms with Crippen LogP contribution in [0.5, 0.6) is 0 Å². The average Bonchev–Trinajstić information content (AvgIpc) is 2.61. The molecule has 24 heavy (non-hydrogen) atoms. The Kier molecular flexibility index (Phi) is 14.6. The molecule has 134 valence electrons. The van der Waals surface area contributed by atoms with Crippen molar-refractivity contribution < 1.29 is 9.18 Å². The molecule has 4 heteroatoms. The van der Waals surface area contributed by atoms with Gasteiger partial charge < -0.3 is 10.6 Å². The maximum Gasteiger partial charge on any atom is 0.254 e. The fraction of sp³-hybridized carbons (Fsp3) is 0.450. The molecule has 2 N–H and O–H groups in total. The van der Waals surface area contributed by atoms with E-state index in [1.807, 2.05) is 43.0 Å². The summed E-state index contributed by atoms with van der Waals surface area (Å²) in [5, 5.41) is 0. The quantitative estimate of drug-likeness (QED) is 0.606. The van der Waals surface area contributed by atoms with Crippen LogP contribution < -0.4 is 5.73 Å². The molecule has 0 spiro atoms. The number of amides is 1. The molecule has 0 aliphatic carbocycles. The summed E-state index contributed by atoms with van der Waals surface area (Å²) in [7, 11) is 0.500. The van der Waals surface area contributed by atoms with Crippen molar-refractivity contribution in [1.29, 1.82) is 0 Å². The molecule has 1 amide bonds. The van der Waals surface area contributed by atoms with Crippen LogP contribution in [0.1, 0.15) is 42.6 Å². The minimum atomic E-state index is 0.0632. The smallest absolute Gasteiger partial charge is 0.254 e. The molecule has 1 aromatic carbocycles. The van der Waals surface area contributed by atoms with Crippen LogP contribution in [0.3, 0.4) is 0 Å².